The first-order valence-corrected chi connectivity index (χ1v) is 9.83. The third kappa shape index (κ3) is 5.01. The standard InChI is InChI=1S/C20H19N3O4S/c21-18-13-17(28(25,26)27-16-9-5-2-6-10-16)11-12-19(18)23-20(24)22-14-15-7-3-1-4-8-15/h1-13H,14,21H2,(H2,22,23,24). The number of anilines is 2. The molecule has 3 aromatic carbocycles. The highest BCUT2D eigenvalue weighted by Gasteiger charge is 2.18. The summed E-state index contributed by atoms with van der Waals surface area (Å²) in [5.74, 6) is 0.198. The monoisotopic (exact) mass is 397 g/mol. The van der Waals surface area contributed by atoms with E-state index in [-0.39, 0.29) is 16.3 Å². The van der Waals surface area contributed by atoms with Crippen LogP contribution in [0.5, 0.6) is 5.75 Å². The Morgan fingerprint density at radius 1 is 0.929 bits per heavy atom. The molecule has 0 bridgehead atoms. The van der Waals surface area contributed by atoms with Gasteiger partial charge in [0.1, 0.15) is 10.6 Å². The zero-order valence-corrected chi connectivity index (χ0v) is 15.6. The van der Waals surface area contributed by atoms with Crippen LogP contribution in [0.1, 0.15) is 5.56 Å². The Morgan fingerprint density at radius 2 is 1.57 bits per heavy atom. The van der Waals surface area contributed by atoms with Crippen LogP contribution in [0.4, 0.5) is 16.2 Å². The highest BCUT2D eigenvalue weighted by atomic mass is 32.2. The van der Waals surface area contributed by atoms with Crippen molar-refractivity contribution < 1.29 is 17.4 Å². The lowest BCUT2D eigenvalue weighted by molar-refractivity contribution is 0.251. The van der Waals surface area contributed by atoms with Gasteiger partial charge in [0, 0.05) is 6.54 Å². The highest BCUT2D eigenvalue weighted by Crippen LogP contribution is 2.25. The number of amides is 2. The second-order valence-electron chi connectivity index (χ2n) is 5.89. The van der Waals surface area contributed by atoms with Gasteiger partial charge in [0.15, 0.2) is 0 Å². The minimum Gasteiger partial charge on any atom is -0.397 e. The lowest BCUT2D eigenvalue weighted by atomic mass is 10.2. The number of hydrogen-bond acceptors (Lipinski definition) is 5. The molecule has 0 aliphatic rings. The number of benzene rings is 3. The van der Waals surface area contributed by atoms with Gasteiger partial charge in [-0.15, -0.1) is 0 Å². The van der Waals surface area contributed by atoms with E-state index in [4.69, 9.17) is 9.92 Å². The highest BCUT2D eigenvalue weighted by molar-refractivity contribution is 7.87. The molecule has 0 saturated heterocycles. The molecular weight excluding hydrogens is 378 g/mol. The van der Waals surface area contributed by atoms with Gasteiger partial charge >= 0.3 is 16.1 Å². The van der Waals surface area contributed by atoms with Crippen molar-refractivity contribution in [2.45, 2.75) is 11.4 Å². The fraction of sp³-hybridized carbons (Fsp3) is 0.0500. The summed E-state index contributed by atoms with van der Waals surface area (Å²) in [7, 11) is -4.04. The summed E-state index contributed by atoms with van der Waals surface area (Å²) >= 11 is 0. The van der Waals surface area contributed by atoms with E-state index < -0.39 is 16.1 Å². The molecule has 144 valence electrons. The van der Waals surface area contributed by atoms with Gasteiger partial charge < -0.3 is 20.6 Å². The lowest BCUT2D eigenvalue weighted by Gasteiger charge is -2.12. The SMILES string of the molecule is Nc1cc(S(=O)(=O)Oc2ccccc2)ccc1NC(=O)NCc1ccccc1. The van der Waals surface area contributed by atoms with Gasteiger partial charge in [0.25, 0.3) is 0 Å². The third-order valence-electron chi connectivity index (χ3n) is 3.80. The van der Waals surface area contributed by atoms with Crippen LogP contribution >= 0.6 is 0 Å². The fourth-order valence-electron chi connectivity index (χ4n) is 2.41. The molecule has 0 heterocycles. The van der Waals surface area contributed by atoms with Crippen molar-refractivity contribution >= 4 is 27.5 Å². The summed E-state index contributed by atoms with van der Waals surface area (Å²) < 4.78 is 29.8. The van der Waals surface area contributed by atoms with Crippen molar-refractivity contribution in [3.05, 3.63) is 84.4 Å². The number of para-hydroxylation sites is 1. The predicted molar refractivity (Wildman–Crippen MR) is 107 cm³/mol. The van der Waals surface area contributed by atoms with Crippen molar-refractivity contribution in [1.82, 2.24) is 5.32 Å². The van der Waals surface area contributed by atoms with E-state index in [9.17, 15) is 13.2 Å². The maximum absolute atomic E-state index is 12.4. The third-order valence-corrected chi connectivity index (χ3v) is 5.05. The largest absolute Gasteiger partial charge is 0.397 e. The van der Waals surface area contributed by atoms with Crippen LogP contribution in [0.2, 0.25) is 0 Å². The summed E-state index contributed by atoms with van der Waals surface area (Å²) in [6.07, 6.45) is 0. The quantitative estimate of drug-likeness (QED) is 0.436. The average Bonchev–Trinajstić information content (AvgIpc) is 2.69. The van der Waals surface area contributed by atoms with Gasteiger partial charge in [0.05, 0.1) is 11.4 Å². The van der Waals surface area contributed by atoms with Gasteiger partial charge in [0.2, 0.25) is 0 Å². The minimum absolute atomic E-state index is 0.104. The molecule has 3 rings (SSSR count). The summed E-state index contributed by atoms with van der Waals surface area (Å²) in [5, 5.41) is 5.30. The molecule has 7 nitrogen and oxygen atoms in total. The smallest absolute Gasteiger partial charge is 0.339 e. The van der Waals surface area contributed by atoms with Gasteiger partial charge in [-0.3, -0.25) is 0 Å². The molecule has 28 heavy (non-hydrogen) atoms. The van der Waals surface area contributed by atoms with E-state index in [1.54, 1.807) is 18.2 Å². The zero-order valence-electron chi connectivity index (χ0n) is 14.8. The van der Waals surface area contributed by atoms with Crippen molar-refractivity contribution in [3.8, 4) is 5.75 Å². The Hall–Kier alpha value is -3.52. The number of carbonyl (C=O) groups is 1. The van der Waals surface area contributed by atoms with E-state index in [0.29, 0.717) is 12.2 Å². The van der Waals surface area contributed by atoms with Gasteiger partial charge in [-0.05, 0) is 35.9 Å². The fourth-order valence-corrected chi connectivity index (χ4v) is 3.37. The molecular formula is C20H19N3O4S. The molecule has 0 radical (unpaired) electrons. The van der Waals surface area contributed by atoms with E-state index in [1.807, 2.05) is 30.3 Å². The van der Waals surface area contributed by atoms with E-state index >= 15 is 0 Å². The maximum atomic E-state index is 12.4. The van der Waals surface area contributed by atoms with Gasteiger partial charge in [-0.2, -0.15) is 8.42 Å². The molecule has 0 saturated carbocycles. The van der Waals surface area contributed by atoms with Crippen LogP contribution in [0, 0.1) is 0 Å². The van der Waals surface area contributed by atoms with Crippen LogP contribution < -0.4 is 20.6 Å². The second kappa shape index (κ2) is 8.45. The molecule has 2 amide bonds. The molecule has 4 N–H and O–H groups in total. The molecule has 0 spiro atoms. The van der Waals surface area contributed by atoms with Crippen molar-refractivity contribution in [2.75, 3.05) is 11.1 Å². The van der Waals surface area contributed by atoms with Crippen LogP contribution in [-0.2, 0) is 16.7 Å². The minimum atomic E-state index is -4.04. The zero-order chi connectivity index (χ0) is 20.0. The first-order valence-electron chi connectivity index (χ1n) is 8.42. The van der Waals surface area contributed by atoms with Crippen molar-refractivity contribution in [2.24, 2.45) is 0 Å². The molecule has 0 aliphatic carbocycles. The Morgan fingerprint density at radius 3 is 2.21 bits per heavy atom. The first-order chi connectivity index (χ1) is 13.4. The topological polar surface area (TPSA) is 111 Å². The molecule has 0 unspecified atom stereocenters. The van der Waals surface area contributed by atoms with Gasteiger partial charge in [-0.1, -0.05) is 48.5 Å². The van der Waals surface area contributed by atoms with Crippen LogP contribution in [0.15, 0.2) is 83.8 Å². The normalized spacial score (nSPS) is 10.9. The summed E-state index contributed by atoms with van der Waals surface area (Å²) in [4.78, 5) is 11.9. The Bertz CT molecular complexity index is 1060. The van der Waals surface area contributed by atoms with E-state index in [0.717, 1.165) is 5.56 Å². The molecule has 0 aromatic heterocycles. The number of nitrogens with two attached hydrogens (primary N) is 1. The number of rotatable bonds is 6. The van der Waals surface area contributed by atoms with Crippen LogP contribution in [0.3, 0.4) is 0 Å². The number of hydrogen-bond donors (Lipinski definition) is 3. The Balaban J connectivity index is 1.65. The number of nitrogen functional groups attached to an aromatic ring is 1. The summed E-state index contributed by atoms with van der Waals surface area (Å²) in [6.45, 7) is 0.351. The van der Waals surface area contributed by atoms with E-state index in [1.165, 1.54) is 30.3 Å². The molecule has 0 fully saturated rings. The molecule has 0 atom stereocenters. The van der Waals surface area contributed by atoms with Crippen LogP contribution in [-0.4, -0.2) is 14.4 Å². The maximum Gasteiger partial charge on any atom is 0.339 e. The van der Waals surface area contributed by atoms with Crippen LogP contribution in [0.25, 0.3) is 0 Å². The Kier molecular flexibility index (Phi) is 5.81. The summed E-state index contributed by atoms with van der Waals surface area (Å²) in [6, 6.07) is 21.1. The van der Waals surface area contributed by atoms with Crippen molar-refractivity contribution in [3.63, 3.8) is 0 Å². The average molecular weight is 397 g/mol. The van der Waals surface area contributed by atoms with Crippen molar-refractivity contribution in [1.29, 1.82) is 0 Å². The number of carbonyl (C=O) groups excluding carboxylic acids is 1. The lowest BCUT2D eigenvalue weighted by Crippen LogP contribution is -2.28. The number of nitrogens with one attached hydrogen (secondary N) is 2. The predicted octanol–water partition coefficient (Wildman–Crippen LogP) is 3.36. The van der Waals surface area contributed by atoms with Gasteiger partial charge in [-0.25, -0.2) is 4.79 Å². The summed E-state index contributed by atoms with van der Waals surface area (Å²) in [5.41, 5.74) is 7.25. The second-order valence-corrected chi connectivity index (χ2v) is 7.44. The first kappa shape index (κ1) is 19.2. The Labute approximate surface area is 163 Å². The van der Waals surface area contributed by atoms with E-state index in [2.05, 4.69) is 10.6 Å². The number of urea groups is 1. The molecule has 8 heteroatoms. The molecule has 0 aliphatic heterocycles. The molecule has 3 aromatic rings.